The van der Waals surface area contributed by atoms with Crippen LogP contribution in [0.15, 0.2) is 30.7 Å². The number of pyridine rings is 1. The van der Waals surface area contributed by atoms with E-state index in [9.17, 15) is 0 Å². The summed E-state index contributed by atoms with van der Waals surface area (Å²) >= 11 is 0. The van der Waals surface area contributed by atoms with Crippen LogP contribution in [0.25, 0.3) is 0 Å². The van der Waals surface area contributed by atoms with Gasteiger partial charge in [-0.3, -0.25) is 0 Å². The van der Waals surface area contributed by atoms with Gasteiger partial charge in [-0.05, 0) is 31.4 Å². The lowest BCUT2D eigenvalue weighted by Gasteiger charge is -2.35. The lowest BCUT2D eigenvalue weighted by Crippen LogP contribution is -2.43. The van der Waals surface area contributed by atoms with E-state index in [1.807, 2.05) is 37.3 Å². The van der Waals surface area contributed by atoms with E-state index < -0.39 is 0 Å². The van der Waals surface area contributed by atoms with Crippen LogP contribution in [0.2, 0.25) is 0 Å². The topological polar surface area (TPSA) is 57.2 Å². The number of aryl methyl sites for hydroxylation is 1. The fourth-order valence-corrected chi connectivity index (χ4v) is 2.98. The molecule has 122 valence electrons. The van der Waals surface area contributed by atoms with Gasteiger partial charge in [0.25, 0.3) is 0 Å². The Labute approximate surface area is 137 Å². The molecule has 1 N–H and O–H groups in total. The third kappa shape index (κ3) is 3.70. The Morgan fingerprint density at radius 2 is 2.13 bits per heavy atom. The van der Waals surface area contributed by atoms with Crippen molar-refractivity contribution < 1.29 is 0 Å². The number of hydrogen-bond acceptors (Lipinski definition) is 6. The van der Waals surface area contributed by atoms with Crippen LogP contribution in [0, 0.1) is 6.92 Å². The van der Waals surface area contributed by atoms with Crippen LogP contribution in [0.5, 0.6) is 0 Å². The molecule has 1 unspecified atom stereocenters. The van der Waals surface area contributed by atoms with Crippen molar-refractivity contribution in [2.45, 2.75) is 25.8 Å². The van der Waals surface area contributed by atoms with Gasteiger partial charge in [-0.25, -0.2) is 15.0 Å². The first kappa shape index (κ1) is 15.5. The minimum Gasteiger partial charge on any atom is -0.365 e. The van der Waals surface area contributed by atoms with Crippen LogP contribution in [-0.4, -0.2) is 48.2 Å². The molecule has 1 fully saturated rings. The van der Waals surface area contributed by atoms with Crippen LogP contribution >= 0.6 is 0 Å². The van der Waals surface area contributed by atoms with E-state index in [2.05, 4.69) is 38.2 Å². The second kappa shape index (κ2) is 6.81. The Morgan fingerprint density at radius 3 is 2.91 bits per heavy atom. The maximum absolute atomic E-state index is 4.55. The normalized spacial score (nSPS) is 17.9. The Bertz CT molecular complexity index is 657. The number of nitrogens with zero attached hydrogens (tertiary/aromatic N) is 5. The molecule has 3 heterocycles. The van der Waals surface area contributed by atoms with Crippen LogP contribution in [-0.2, 0) is 0 Å². The summed E-state index contributed by atoms with van der Waals surface area (Å²) in [6, 6.07) is 6.47. The van der Waals surface area contributed by atoms with E-state index >= 15 is 0 Å². The highest BCUT2D eigenvalue weighted by molar-refractivity contribution is 5.50. The summed E-state index contributed by atoms with van der Waals surface area (Å²) in [6.45, 7) is 4.12. The van der Waals surface area contributed by atoms with Gasteiger partial charge in [0.05, 0.1) is 0 Å². The fourth-order valence-electron chi connectivity index (χ4n) is 2.98. The van der Waals surface area contributed by atoms with Crippen molar-refractivity contribution in [2.24, 2.45) is 0 Å². The minimum absolute atomic E-state index is 0.370. The summed E-state index contributed by atoms with van der Waals surface area (Å²) in [7, 11) is 3.97. The Kier molecular flexibility index (Phi) is 4.60. The third-order valence-corrected chi connectivity index (χ3v) is 4.17. The maximum atomic E-state index is 4.55. The van der Waals surface area contributed by atoms with Gasteiger partial charge < -0.3 is 15.1 Å². The predicted molar refractivity (Wildman–Crippen MR) is 94.2 cm³/mol. The summed E-state index contributed by atoms with van der Waals surface area (Å²) in [6.07, 6.45) is 5.78. The number of nitrogens with one attached hydrogen (secondary N) is 1. The molecule has 1 aliphatic rings. The van der Waals surface area contributed by atoms with E-state index in [1.54, 1.807) is 6.33 Å². The minimum atomic E-state index is 0.370. The van der Waals surface area contributed by atoms with Crippen molar-refractivity contribution in [1.29, 1.82) is 0 Å². The lowest BCUT2D eigenvalue weighted by atomic mass is 10.1. The molecule has 6 heteroatoms. The van der Waals surface area contributed by atoms with Crippen molar-refractivity contribution in [3.63, 3.8) is 0 Å². The average molecular weight is 312 g/mol. The summed E-state index contributed by atoms with van der Waals surface area (Å²) in [4.78, 5) is 17.5. The van der Waals surface area contributed by atoms with Gasteiger partial charge in [0.15, 0.2) is 0 Å². The van der Waals surface area contributed by atoms with Crippen molar-refractivity contribution in [3.8, 4) is 0 Å². The van der Waals surface area contributed by atoms with E-state index in [1.165, 1.54) is 5.56 Å². The molecule has 0 bridgehead atoms. The zero-order valence-electron chi connectivity index (χ0n) is 14.0. The van der Waals surface area contributed by atoms with Gasteiger partial charge in [0.2, 0.25) is 0 Å². The van der Waals surface area contributed by atoms with Gasteiger partial charge in [-0.15, -0.1) is 0 Å². The van der Waals surface area contributed by atoms with Crippen molar-refractivity contribution >= 4 is 17.5 Å². The van der Waals surface area contributed by atoms with Crippen LogP contribution in [0.3, 0.4) is 0 Å². The zero-order valence-corrected chi connectivity index (χ0v) is 14.0. The van der Waals surface area contributed by atoms with Crippen molar-refractivity contribution in [1.82, 2.24) is 15.0 Å². The molecule has 6 nitrogen and oxygen atoms in total. The third-order valence-electron chi connectivity index (χ3n) is 4.17. The Balaban J connectivity index is 1.70. The molecule has 2 aromatic rings. The number of rotatable bonds is 4. The highest BCUT2D eigenvalue weighted by Gasteiger charge is 2.22. The van der Waals surface area contributed by atoms with Crippen molar-refractivity contribution in [2.75, 3.05) is 42.3 Å². The zero-order chi connectivity index (χ0) is 16.2. The molecule has 0 amide bonds. The predicted octanol–water partition coefficient (Wildman–Crippen LogP) is 2.33. The first-order chi connectivity index (χ1) is 11.1. The monoisotopic (exact) mass is 312 g/mol. The molecule has 1 atom stereocenters. The summed E-state index contributed by atoms with van der Waals surface area (Å²) in [5.41, 5.74) is 1.23. The molecule has 0 saturated carbocycles. The number of anilines is 3. The van der Waals surface area contributed by atoms with E-state index in [4.69, 9.17) is 0 Å². The quantitative estimate of drug-likeness (QED) is 0.935. The molecule has 2 aromatic heterocycles. The number of hydrogen-bond donors (Lipinski definition) is 1. The van der Waals surface area contributed by atoms with E-state index in [0.717, 1.165) is 43.4 Å². The molecular weight excluding hydrogens is 288 g/mol. The summed E-state index contributed by atoms with van der Waals surface area (Å²) < 4.78 is 0. The lowest BCUT2D eigenvalue weighted by molar-refractivity contribution is 0.525. The first-order valence-electron chi connectivity index (χ1n) is 8.06. The van der Waals surface area contributed by atoms with Crippen molar-refractivity contribution in [3.05, 3.63) is 36.3 Å². The largest absolute Gasteiger partial charge is 0.365 e. The smallest absolute Gasteiger partial charge is 0.133 e. The second-order valence-corrected chi connectivity index (χ2v) is 6.23. The molecule has 0 aromatic carbocycles. The second-order valence-electron chi connectivity index (χ2n) is 6.23. The maximum Gasteiger partial charge on any atom is 0.133 e. The SMILES string of the molecule is Cc1cccnc1N1CCCC(Nc2cc(N(C)C)ncn2)C1. The van der Waals surface area contributed by atoms with Crippen LogP contribution < -0.4 is 15.1 Å². The molecule has 1 aliphatic heterocycles. The Hall–Kier alpha value is -2.37. The molecule has 0 radical (unpaired) electrons. The highest BCUT2D eigenvalue weighted by atomic mass is 15.2. The van der Waals surface area contributed by atoms with Gasteiger partial charge in [-0.2, -0.15) is 0 Å². The molecule has 0 aliphatic carbocycles. The number of aromatic nitrogens is 3. The molecule has 3 rings (SSSR count). The van der Waals surface area contributed by atoms with E-state index in [0.29, 0.717) is 6.04 Å². The highest BCUT2D eigenvalue weighted by Crippen LogP contribution is 2.23. The fraction of sp³-hybridized carbons (Fsp3) is 0.471. The van der Waals surface area contributed by atoms with Gasteiger partial charge in [0.1, 0.15) is 23.8 Å². The van der Waals surface area contributed by atoms with Gasteiger partial charge >= 0.3 is 0 Å². The Morgan fingerprint density at radius 1 is 1.26 bits per heavy atom. The average Bonchev–Trinajstić information content (AvgIpc) is 2.56. The van der Waals surface area contributed by atoms with Gasteiger partial charge in [0, 0.05) is 45.5 Å². The molecule has 1 saturated heterocycles. The molecule has 0 spiro atoms. The molecule has 23 heavy (non-hydrogen) atoms. The van der Waals surface area contributed by atoms with Crippen LogP contribution in [0.1, 0.15) is 18.4 Å². The summed E-state index contributed by atoms with van der Waals surface area (Å²) in [5.74, 6) is 2.89. The summed E-state index contributed by atoms with van der Waals surface area (Å²) in [5, 5.41) is 3.55. The molecular formula is C17H24N6. The first-order valence-corrected chi connectivity index (χ1v) is 8.06. The number of piperidine rings is 1. The standard InChI is InChI=1S/C17H24N6/c1-13-6-4-8-18-17(13)23-9-5-7-14(11-23)21-15-10-16(22(2)3)20-12-19-15/h4,6,8,10,12,14H,5,7,9,11H2,1-3H3,(H,19,20,21). The van der Waals surface area contributed by atoms with E-state index in [-0.39, 0.29) is 0 Å². The van der Waals surface area contributed by atoms with Crippen LogP contribution in [0.4, 0.5) is 17.5 Å². The van der Waals surface area contributed by atoms with Gasteiger partial charge in [-0.1, -0.05) is 6.07 Å².